The highest BCUT2D eigenvalue weighted by molar-refractivity contribution is 5.37. The molecule has 0 spiro atoms. The van der Waals surface area contributed by atoms with Gasteiger partial charge in [-0.2, -0.15) is 0 Å². The van der Waals surface area contributed by atoms with Gasteiger partial charge < -0.3 is 10.1 Å². The van der Waals surface area contributed by atoms with Crippen molar-refractivity contribution in [2.45, 2.75) is 19.5 Å². The summed E-state index contributed by atoms with van der Waals surface area (Å²) in [6.07, 6.45) is 0. The molecule has 3 nitrogen and oxygen atoms in total. The molecule has 1 unspecified atom stereocenters. The second-order valence-electron chi connectivity index (χ2n) is 5.92. The van der Waals surface area contributed by atoms with E-state index in [1.54, 1.807) is 7.11 Å². The van der Waals surface area contributed by atoms with Gasteiger partial charge in [0.15, 0.2) is 0 Å². The highest BCUT2D eigenvalue weighted by Gasteiger charge is 2.24. The first kappa shape index (κ1) is 15.1. The molecule has 1 saturated heterocycles. The molecule has 0 saturated carbocycles. The van der Waals surface area contributed by atoms with Crippen molar-refractivity contribution in [1.29, 1.82) is 0 Å². The van der Waals surface area contributed by atoms with Gasteiger partial charge in [-0.3, -0.25) is 4.90 Å². The molecular formula is C19H24N2O. The topological polar surface area (TPSA) is 24.5 Å². The number of aryl methyl sites for hydroxylation is 1. The molecular weight excluding hydrogens is 272 g/mol. The van der Waals surface area contributed by atoms with Crippen LogP contribution >= 0.6 is 0 Å². The fourth-order valence-electron chi connectivity index (χ4n) is 3.19. The number of benzene rings is 2. The van der Waals surface area contributed by atoms with Gasteiger partial charge in [-0.15, -0.1) is 0 Å². The average molecular weight is 296 g/mol. The van der Waals surface area contributed by atoms with Crippen molar-refractivity contribution in [3.05, 3.63) is 65.2 Å². The van der Waals surface area contributed by atoms with Gasteiger partial charge in [0.2, 0.25) is 0 Å². The van der Waals surface area contributed by atoms with Gasteiger partial charge in [-0.25, -0.2) is 0 Å². The Kier molecular flexibility index (Phi) is 4.76. The summed E-state index contributed by atoms with van der Waals surface area (Å²) in [5.74, 6) is 0.982. The van der Waals surface area contributed by atoms with Crippen LogP contribution in [0.25, 0.3) is 0 Å². The molecule has 1 fully saturated rings. The Morgan fingerprint density at radius 1 is 1.18 bits per heavy atom. The molecule has 0 bridgehead atoms. The van der Waals surface area contributed by atoms with E-state index in [2.05, 4.69) is 65.7 Å². The molecule has 1 atom stereocenters. The van der Waals surface area contributed by atoms with E-state index in [4.69, 9.17) is 4.74 Å². The molecule has 2 aromatic carbocycles. The van der Waals surface area contributed by atoms with Crippen LogP contribution in [0.1, 0.15) is 22.7 Å². The van der Waals surface area contributed by atoms with Crippen LogP contribution in [0.15, 0.2) is 48.5 Å². The van der Waals surface area contributed by atoms with Crippen LogP contribution in [0.5, 0.6) is 5.75 Å². The predicted octanol–water partition coefficient (Wildman–Crippen LogP) is 3.15. The van der Waals surface area contributed by atoms with E-state index in [0.717, 1.165) is 31.9 Å². The lowest BCUT2D eigenvalue weighted by Crippen LogP contribution is -2.45. The Bertz CT molecular complexity index is 612. The Hall–Kier alpha value is -1.84. The second kappa shape index (κ2) is 6.95. The first-order chi connectivity index (χ1) is 10.8. The Morgan fingerprint density at radius 3 is 2.77 bits per heavy atom. The summed E-state index contributed by atoms with van der Waals surface area (Å²) >= 11 is 0. The summed E-state index contributed by atoms with van der Waals surface area (Å²) < 4.78 is 5.54. The minimum atomic E-state index is 0.417. The second-order valence-corrected chi connectivity index (χ2v) is 5.92. The Morgan fingerprint density at radius 2 is 2.00 bits per heavy atom. The lowest BCUT2D eigenvalue weighted by molar-refractivity contribution is 0.152. The van der Waals surface area contributed by atoms with Crippen LogP contribution in [0, 0.1) is 6.92 Å². The Balaban J connectivity index is 1.84. The number of rotatable bonds is 4. The zero-order chi connectivity index (χ0) is 15.4. The van der Waals surface area contributed by atoms with Crippen molar-refractivity contribution < 1.29 is 4.74 Å². The zero-order valence-electron chi connectivity index (χ0n) is 13.4. The molecule has 0 aromatic heterocycles. The van der Waals surface area contributed by atoms with Crippen LogP contribution < -0.4 is 10.1 Å². The van der Waals surface area contributed by atoms with Crippen molar-refractivity contribution in [3.8, 4) is 5.75 Å². The van der Waals surface area contributed by atoms with Crippen molar-refractivity contribution in [1.82, 2.24) is 10.2 Å². The van der Waals surface area contributed by atoms with E-state index in [1.807, 2.05) is 0 Å². The molecule has 22 heavy (non-hydrogen) atoms. The third-order valence-electron chi connectivity index (χ3n) is 4.35. The van der Waals surface area contributed by atoms with E-state index < -0.39 is 0 Å². The van der Waals surface area contributed by atoms with Gasteiger partial charge in [-0.1, -0.05) is 48.0 Å². The number of methoxy groups -OCH3 is 1. The lowest BCUT2D eigenvalue weighted by atomic mass is 10.0. The maximum atomic E-state index is 5.54. The van der Waals surface area contributed by atoms with Crippen LogP contribution in [0.3, 0.4) is 0 Å². The number of hydrogen-bond donors (Lipinski definition) is 1. The predicted molar refractivity (Wildman–Crippen MR) is 90.2 cm³/mol. The smallest absolute Gasteiger partial charge is 0.123 e. The fraction of sp³-hybridized carbons (Fsp3) is 0.368. The minimum absolute atomic E-state index is 0.417. The van der Waals surface area contributed by atoms with Crippen LogP contribution in [0.2, 0.25) is 0 Å². The third-order valence-corrected chi connectivity index (χ3v) is 4.35. The summed E-state index contributed by atoms with van der Waals surface area (Å²) in [6, 6.07) is 17.6. The minimum Gasteiger partial charge on any atom is -0.496 e. The van der Waals surface area contributed by atoms with Crippen molar-refractivity contribution in [2.75, 3.05) is 26.7 Å². The highest BCUT2D eigenvalue weighted by Crippen LogP contribution is 2.27. The SMILES string of the molecule is COc1ccc(C)cc1CN1CCNCC1c1ccccc1. The molecule has 116 valence electrons. The van der Waals surface area contributed by atoms with Crippen LogP contribution in [-0.4, -0.2) is 31.6 Å². The summed E-state index contributed by atoms with van der Waals surface area (Å²) in [6.45, 7) is 6.15. The summed E-state index contributed by atoms with van der Waals surface area (Å²) in [4.78, 5) is 2.54. The maximum Gasteiger partial charge on any atom is 0.123 e. The number of nitrogens with zero attached hydrogens (tertiary/aromatic N) is 1. The molecule has 2 aromatic rings. The van der Waals surface area contributed by atoms with Gasteiger partial charge in [-0.05, 0) is 18.6 Å². The summed E-state index contributed by atoms with van der Waals surface area (Å²) in [7, 11) is 1.75. The van der Waals surface area contributed by atoms with Gasteiger partial charge in [0.05, 0.1) is 7.11 Å². The van der Waals surface area contributed by atoms with Crippen molar-refractivity contribution in [3.63, 3.8) is 0 Å². The molecule has 0 aliphatic carbocycles. The Labute approximate surface area is 132 Å². The normalized spacial score (nSPS) is 19.1. The van der Waals surface area contributed by atoms with E-state index in [1.165, 1.54) is 16.7 Å². The van der Waals surface area contributed by atoms with Crippen molar-refractivity contribution in [2.24, 2.45) is 0 Å². The van der Waals surface area contributed by atoms with Gasteiger partial charge >= 0.3 is 0 Å². The molecule has 1 heterocycles. The van der Waals surface area contributed by atoms with Crippen LogP contribution in [0.4, 0.5) is 0 Å². The molecule has 0 radical (unpaired) electrons. The van der Waals surface area contributed by atoms with Gasteiger partial charge in [0.1, 0.15) is 5.75 Å². The van der Waals surface area contributed by atoms with Gasteiger partial charge in [0, 0.05) is 37.8 Å². The third kappa shape index (κ3) is 3.32. The number of piperazine rings is 1. The standard InChI is InChI=1S/C19H24N2O/c1-15-8-9-19(22-2)17(12-15)14-21-11-10-20-13-18(21)16-6-4-3-5-7-16/h3-9,12,18,20H,10-11,13-14H2,1-2H3. The monoisotopic (exact) mass is 296 g/mol. The number of nitrogens with one attached hydrogen (secondary N) is 1. The fourth-order valence-corrected chi connectivity index (χ4v) is 3.19. The molecule has 1 aliphatic heterocycles. The highest BCUT2D eigenvalue weighted by atomic mass is 16.5. The van der Waals surface area contributed by atoms with E-state index in [0.29, 0.717) is 6.04 Å². The quantitative estimate of drug-likeness (QED) is 0.938. The molecule has 0 amide bonds. The number of hydrogen-bond acceptors (Lipinski definition) is 3. The van der Waals surface area contributed by atoms with E-state index >= 15 is 0 Å². The van der Waals surface area contributed by atoms with Gasteiger partial charge in [0.25, 0.3) is 0 Å². The molecule has 3 heteroatoms. The zero-order valence-corrected chi connectivity index (χ0v) is 13.4. The first-order valence-corrected chi connectivity index (χ1v) is 7.91. The summed E-state index contributed by atoms with van der Waals surface area (Å²) in [5.41, 5.74) is 3.92. The molecule has 3 rings (SSSR count). The molecule has 1 N–H and O–H groups in total. The maximum absolute atomic E-state index is 5.54. The van der Waals surface area contributed by atoms with Crippen LogP contribution in [-0.2, 0) is 6.54 Å². The van der Waals surface area contributed by atoms with E-state index in [-0.39, 0.29) is 0 Å². The molecule has 1 aliphatic rings. The lowest BCUT2D eigenvalue weighted by Gasteiger charge is -2.36. The average Bonchev–Trinajstić information content (AvgIpc) is 2.56. The van der Waals surface area contributed by atoms with E-state index in [9.17, 15) is 0 Å². The largest absolute Gasteiger partial charge is 0.496 e. The summed E-state index contributed by atoms with van der Waals surface area (Å²) in [5, 5.41) is 3.52. The first-order valence-electron chi connectivity index (χ1n) is 7.91. The van der Waals surface area contributed by atoms with Crippen molar-refractivity contribution >= 4 is 0 Å². The number of ether oxygens (including phenoxy) is 1.